The number of hydrogen-bond donors (Lipinski definition) is 1. The van der Waals surface area contributed by atoms with E-state index in [1.165, 1.54) is 4.90 Å². The first-order valence-electron chi connectivity index (χ1n) is 5.89. The smallest absolute Gasteiger partial charge is 0.146 e. The molecule has 0 fully saturated rings. The van der Waals surface area contributed by atoms with E-state index >= 15 is 0 Å². The SMILES string of the molecule is CSc1ccc(Oc2ccc([C@@H](C)O)cc2Cl)cc1. The number of thioether (sulfide) groups is 1. The molecule has 2 aromatic rings. The maximum Gasteiger partial charge on any atom is 0.146 e. The third kappa shape index (κ3) is 3.66. The van der Waals surface area contributed by atoms with Crippen LogP contribution in [-0.2, 0) is 0 Å². The number of benzene rings is 2. The fourth-order valence-corrected chi connectivity index (χ4v) is 2.27. The molecular weight excluding hydrogens is 280 g/mol. The molecule has 0 spiro atoms. The van der Waals surface area contributed by atoms with Crippen molar-refractivity contribution in [1.29, 1.82) is 0 Å². The van der Waals surface area contributed by atoms with Crippen LogP contribution < -0.4 is 4.74 Å². The third-order valence-electron chi connectivity index (χ3n) is 2.73. The number of aliphatic hydroxyl groups is 1. The molecule has 1 N–H and O–H groups in total. The molecule has 4 heteroatoms. The van der Waals surface area contributed by atoms with Crippen LogP contribution in [0.5, 0.6) is 11.5 Å². The van der Waals surface area contributed by atoms with Crippen molar-refractivity contribution in [2.45, 2.75) is 17.9 Å². The van der Waals surface area contributed by atoms with E-state index in [1.807, 2.05) is 36.6 Å². The van der Waals surface area contributed by atoms with Gasteiger partial charge in [-0.15, -0.1) is 11.8 Å². The highest BCUT2D eigenvalue weighted by Gasteiger charge is 2.07. The molecule has 0 bridgehead atoms. The van der Waals surface area contributed by atoms with E-state index in [-0.39, 0.29) is 0 Å². The Kier molecular flexibility index (Phi) is 4.75. The van der Waals surface area contributed by atoms with E-state index in [0.717, 1.165) is 11.3 Å². The molecule has 0 radical (unpaired) electrons. The Hall–Kier alpha value is -1.16. The van der Waals surface area contributed by atoms with Gasteiger partial charge in [0.1, 0.15) is 11.5 Å². The fourth-order valence-electron chi connectivity index (χ4n) is 1.63. The lowest BCUT2D eigenvalue weighted by Gasteiger charge is -2.10. The van der Waals surface area contributed by atoms with E-state index in [0.29, 0.717) is 10.8 Å². The molecule has 2 aromatic carbocycles. The van der Waals surface area contributed by atoms with Crippen molar-refractivity contribution in [3.8, 4) is 11.5 Å². The van der Waals surface area contributed by atoms with Gasteiger partial charge in [-0.3, -0.25) is 0 Å². The van der Waals surface area contributed by atoms with Gasteiger partial charge in [0, 0.05) is 4.90 Å². The van der Waals surface area contributed by atoms with Crippen molar-refractivity contribution in [2.75, 3.05) is 6.26 Å². The first-order chi connectivity index (χ1) is 9.10. The number of ether oxygens (including phenoxy) is 1. The van der Waals surface area contributed by atoms with E-state index in [4.69, 9.17) is 16.3 Å². The summed E-state index contributed by atoms with van der Waals surface area (Å²) in [7, 11) is 0. The van der Waals surface area contributed by atoms with Crippen LogP contribution in [0.4, 0.5) is 0 Å². The first kappa shape index (κ1) is 14.3. The van der Waals surface area contributed by atoms with Crippen LogP contribution in [-0.4, -0.2) is 11.4 Å². The Morgan fingerprint density at radius 2 is 1.84 bits per heavy atom. The molecule has 2 nitrogen and oxygen atoms in total. The van der Waals surface area contributed by atoms with Gasteiger partial charge in [-0.05, 0) is 55.1 Å². The molecule has 2 rings (SSSR count). The van der Waals surface area contributed by atoms with E-state index in [2.05, 4.69) is 0 Å². The molecule has 0 aliphatic heterocycles. The lowest BCUT2D eigenvalue weighted by atomic mass is 10.1. The van der Waals surface area contributed by atoms with E-state index in [9.17, 15) is 5.11 Å². The highest BCUT2D eigenvalue weighted by atomic mass is 35.5. The average molecular weight is 295 g/mol. The second-order valence-corrected chi connectivity index (χ2v) is 5.43. The zero-order chi connectivity index (χ0) is 13.8. The second-order valence-electron chi connectivity index (χ2n) is 4.14. The molecule has 19 heavy (non-hydrogen) atoms. The van der Waals surface area contributed by atoms with Crippen molar-refractivity contribution in [2.24, 2.45) is 0 Å². The Morgan fingerprint density at radius 3 is 2.37 bits per heavy atom. The van der Waals surface area contributed by atoms with Crippen LogP contribution >= 0.6 is 23.4 Å². The highest BCUT2D eigenvalue weighted by molar-refractivity contribution is 7.98. The minimum absolute atomic E-state index is 0.493. The molecule has 100 valence electrons. The van der Waals surface area contributed by atoms with Crippen molar-refractivity contribution in [1.82, 2.24) is 0 Å². The molecule has 0 saturated carbocycles. The summed E-state index contributed by atoms with van der Waals surface area (Å²) in [6.07, 6.45) is 1.49. The number of halogens is 1. The normalized spacial score (nSPS) is 12.2. The zero-order valence-corrected chi connectivity index (χ0v) is 12.3. The minimum atomic E-state index is -0.535. The predicted molar refractivity (Wildman–Crippen MR) is 80.4 cm³/mol. The topological polar surface area (TPSA) is 29.5 Å². The van der Waals surface area contributed by atoms with Gasteiger partial charge in [0.25, 0.3) is 0 Å². The maximum absolute atomic E-state index is 9.48. The van der Waals surface area contributed by atoms with Crippen LogP contribution in [0.2, 0.25) is 5.02 Å². The molecule has 0 heterocycles. The Labute approximate surface area is 122 Å². The summed E-state index contributed by atoms with van der Waals surface area (Å²) in [5, 5.41) is 9.98. The summed E-state index contributed by atoms with van der Waals surface area (Å²) in [4.78, 5) is 1.18. The van der Waals surface area contributed by atoms with Gasteiger partial charge in [-0.2, -0.15) is 0 Å². The van der Waals surface area contributed by atoms with Gasteiger partial charge in [-0.1, -0.05) is 17.7 Å². The monoisotopic (exact) mass is 294 g/mol. The van der Waals surface area contributed by atoms with Crippen LogP contribution in [0, 0.1) is 0 Å². The number of rotatable bonds is 4. The summed E-state index contributed by atoms with van der Waals surface area (Å²) in [6.45, 7) is 1.70. The maximum atomic E-state index is 9.48. The summed E-state index contributed by atoms with van der Waals surface area (Å²) < 4.78 is 5.72. The summed E-state index contributed by atoms with van der Waals surface area (Å²) in [5.41, 5.74) is 0.773. The average Bonchev–Trinajstić information content (AvgIpc) is 2.41. The fraction of sp³-hybridized carbons (Fsp3) is 0.200. The third-order valence-corrected chi connectivity index (χ3v) is 3.76. The van der Waals surface area contributed by atoms with Crippen molar-refractivity contribution in [3.63, 3.8) is 0 Å². The summed E-state index contributed by atoms with van der Waals surface area (Å²) in [5.74, 6) is 1.33. The lowest BCUT2D eigenvalue weighted by molar-refractivity contribution is 0.199. The Bertz CT molecular complexity index is 553. The van der Waals surface area contributed by atoms with Crippen LogP contribution in [0.25, 0.3) is 0 Å². The number of hydrogen-bond acceptors (Lipinski definition) is 3. The molecule has 0 saturated heterocycles. The summed E-state index contributed by atoms with van der Waals surface area (Å²) in [6, 6.07) is 13.1. The van der Waals surface area contributed by atoms with Crippen LogP contribution in [0.15, 0.2) is 47.4 Å². The van der Waals surface area contributed by atoms with Gasteiger partial charge in [0.05, 0.1) is 11.1 Å². The van der Waals surface area contributed by atoms with Crippen molar-refractivity contribution in [3.05, 3.63) is 53.1 Å². The van der Waals surface area contributed by atoms with Gasteiger partial charge in [-0.25, -0.2) is 0 Å². The largest absolute Gasteiger partial charge is 0.456 e. The van der Waals surface area contributed by atoms with Gasteiger partial charge < -0.3 is 9.84 Å². The molecule has 1 atom stereocenters. The zero-order valence-electron chi connectivity index (χ0n) is 10.8. The van der Waals surface area contributed by atoms with Crippen molar-refractivity contribution >= 4 is 23.4 Å². The second kappa shape index (κ2) is 6.33. The minimum Gasteiger partial charge on any atom is -0.456 e. The van der Waals surface area contributed by atoms with E-state index in [1.54, 1.807) is 30.8 Å². The van der Waals surface area contributed by atoms with Crippen LogP contribution in [0.3, 0.4) is 0 Å². The number of aliphatic hydroxyl groups excluding tert-OH is 1. The van der Waals surface area contributed by atoms with Gasteiger partial charge in [0.15, 0.2) is 0 Å². The molecule has 0 aliphatic carbocycles. The molecule has 0 aliphatic rings. The Balaban J connectivity index is 2.18. The standard InChI is InChI=1S/C15H15ClO2S/c1-10(17)11-3-8-15(14(16)9-11)18-12-4-6-13(19-2)7-5-12/h3-10,17H,1-2H3/t10-/m1/s1. The van der Waals surface area contributed by atoms with Gasteiger partial charge >= 0.3 is 0 Å². The molecule has 0 unspecified atom stereocenters. The van der Waals surface area contributed by atoms with Gasteiger partial charge in [0.2, 0.25) is 0 Å². The lowest BCUT2D eigenvalue weighted by Crippen LogP contribution is -1.92. The molecule has 0 aromatic heterocycles. The quantitative estimate of drug-likeness (QED) is 0.813. The van der Waals surface area contributed by atoms with Crippen molar-refractivity contribution < 1.29 is 9.84 Å². The molecule has 0 amide bonds. The molecular formula is C15H15ClO2S. The predicted octanol–water partition coefficient (Wildman–Crippen LogP) is 4.91. The van der Waals surface area contributed by atoms with Crippen LogP contribution in [0.1, 0.15) is 18.6 Å². The highest BCUT2D eigenvalue weighted by Crippen LogP contribution is 2.32. The van der Waals surface area contributed by atoms with E-state index < -0.39 is 6.10 Å². The Morgan fingerprint density at radius 1 is 1.16 bits per heavy atom. The first-order valence-corrected chi connectivity index (χ1v) is 7.50. The summed E-state index contributed by atoms with van der Waals surface area (Å²) >= 11 is 7.82.